The second kappa shape index (κ2) is 8.39. The molecule has 0 radical (unpaired) electrons. The largest absolute Gasteiger partial charge is 0.449 e. The first-order chi connectivity index (χ1) is 13.0. The van der Waals surface area contributed by atoms with E-state index in [1.54, 1.807) is 22.6 Å². The second-order valence-electron chi connectivity index (χ2n) is 6.48. The lowest BCUT2D eigenvalue weighted by Crippen LogP contribution is -2.37. The highest BCUT2D eigenvalue weighted by Crippen LogP contribution is 2.24. The average molecular weight is 388 g/mol. The van der Waals surface area contributed by atoms with Crippen molar-refractivity contribution < 1.29 is 14.3 Å². The van der Waals surface area contributed by atoms with Gasteiger partial charge in [-0.05, 0) is 44.9 Å². The Labute approximate surface area is 163 Å². The van der Waals surface area contributed by atoms with Crippen LogP contribution in [0, 0.1) is 6.92 Å². The number of ether oxygens (including phenoxy) is 1. The predicted octanol–water partition coefficient (Wildman–Crippen LogP) is 3.40. The Morgan fingerprint density at radius 3 is 2.56 bits per heavy atom. The number of esters is 1. The van der Waals surface area contributed by atoms with Crippen LogP contribution in [-0.2, 0) is 14.3 Å². The van der Waals surface area contributed by atoms with Crippen LogP contribution in [0.15, 0.2) is 36.4 Å². The van der Waals surface area contributed by atoms with Gasteiger partial charge in [-0.1, -0.05) is 29.8 Å². The van der Waals surface area contributed by atoms with Crippen molar-refractivity contribution in [3.05, 3.63) is 52.8 Å². The first-order valence-electron chi connectivity index (χ1n) is 8.95. The SMILES string of the molecule is Cc1nn(-c2ccccc2)c(Cl)c1/C=C/C(=O)O[C@H](C)C(=O)N1CCCC1. The molecule has 1 saturated heterocycles. The van der Waals surface area contributed by atoms with Crippen molar-refractivity contribution in [1.29, 1.82) is 0 Å². The maximum atomic E-state index is 12.2. The third kappa shape index (κ3) is 4.39. The molecule has 2 aromatic rings. The number of aryl methyl sites for hydroxylation is 1. The van der Waals surface area contributed by atoms with Crippen molar-refractivity contribution in [2.75, 3.05) is 13.1 Å². The zero-order chi connectivity index (χ0) is 19.4. The van der Waals surface area contributed by atoms with E-state index < -0.39 is 12.1 Å². The molecule has 142 valence electrons. The number of amides is 1. The summed E-state index contributed by atoms with van der Waals surface area (Å²) in [5, 5.41) is 4.83. The van der Waals surface area contributed by atoms with Gasteiger partial charge in [0.15, 0.2) is 6.10 Å². The number of carbonyl (C=O) groups excluding carboxylic acids is 2. The summed E-state index contributed by atoms with van der Waals surface area (Å²) < 4.78 is 6.84. The van der Waals surface area contributed by atoms with E-state index >= 15 is 0 Å². The van der Waals surface area contributed by atoms with Crippen molar-refractivity contribution in [2.24, 2.45) is 0 Å². The normalized spacial score (nSPS) is 15.3. The molecule has 27 heavy (non-hydrogen) atoms. The van der Waals surface area contributed by atoms with Crippen LogP contribution in [0.4, 0.5) is 0 Å². The van der Waals surface area contributed by atoms with Crippen LogP contribution in [0.25, 0.3) is 11.8 Å². The van der Waals surface area contributed by atoms with Crippen LogP contribution < -0.4 is 0 Å². The van der Waals surface area contributed by atoms with Gasteiger partial charge in [0.1, 0.15) is 5.15 Å². The molecule has 1 aliphatic heterocycles. The summed E-state index contributed by atoms with van der Waals surface area (Å²) in [7, 11) is 0. The summed E-state index contributed by atoms with van der Waals surface area (Å²) in [6, 6.07) is 9.50. The number of hydrogen-bond donors (Lipinski definition) is 0. The average Bonchev–Trinajstić information content (AvgIpc) is 3.29. The molecule has 1 amide bonds. The van der Waals surface area contributed by atoms with Crippen molar-refractivity contribution in [1.82, 2.24) is 14.7 Å². The Hall–Kier alpha value is -2.60. The van der Waals surface area contributed by atoms with Crippen LogP contribution >= 0.6 is 11.6 Å². The molecule has 1 aromatic carbocycles. The first kappa shape index (κ1) is 19.2. The molecule has 6 nitrogen and oxygen atoms in total. The third-order valence-electron chi connectivity index (χ3n) is 4.49. The highest BCUT2D eigenvalue weighted by Gasteiger charge is 2.25. The molecule has 3 rings (SSSR count). The fourth-order valence-electron chi connectivity index (χ4n) is 3.05. The van der Waals surface area contributed by atoms with Gasteiger partial charge in [-0.15, -0.1) is 0 Å². The van der Waals surface area contributed by atoms with Gasteiger partial charge in [0.25, 0.3) is 5.91 Å². The molecule has 0 N–H and O–H groups in total. The molecular weight excluding hydrogens is 366 g/mol. The lowest BCUT2D eigenvalue weighted by Gasteiger charge is -2.19. The van der Waals surface area contributed by atoms with Gasteiger partial charge in [0.2, 0.25) is 0 Å². The molecule has 7 heteroatoms. The number of aromatic nitrogens is 2. The zero-order valence-electron chi connectivity index (χ0n) is 15.4. The van der Waals surface area contributed by atoms with Crippen LogP contribution in [0.2, 0.25) is 5.15 Å². The number of halogens is 1. The van der Waals surface area contributed by atoms with Crippen LogP contribution in [0.5, 0.6) is 0 Å². The molecule has 0 bridgehead atoms. The van der Waals surface area contributed by atoms with E-state index in [1.807, 2.05) is 37.3 Å². The van der Waals surface area contributed by atoms with Crippen LogP contribution in [0.1, 0.15) is 31.0 Å². The Morgan fingerprint density at radius 2 is 1.89 bits per heavy atom. The summed E-state index contributed by atoms with van der Waals surface area (Å²) in [5.74, 6) is -0.738. The van der Waals surface area contributed by atoms with E-state index in [1.165, 1.54) is 6.08 Å². The van der Waals surface area contributed by atoms with E-state index in [0.29, 0.717) is 16.4 Å². The van der Waals surface area contributed by atoms with E-state index in [9.17, 15) is 9.59 Å². The molecule has 0 unspecified atom stereocenters. The summed E-state index contributed by atoms with van der Waals surface area (Å²) >= 11 is 6.43. The fraction of sp³-hybridized carbons (Fsp3) is 0.350. The van der Waals surface area contributed by atoms with Gasteiger partial charge in [0, 0.05) is 24.7 Å². The third-order valence-corrected chi connectivity index (χ3v) is 4.86. The monoisotopic (exact) mass is 387 g/mol. The second-order valence-corrected chi connectivity index (χ2v) is 6.84. The number of nitrogens with zero attached hydrogens (tertiary/aromatic N) is 3. The van der Waals surface area contributed by atoms with Crippen LogP contribution in [0.3, 0.4) is 0 Å². The highest BCUT2D eigenvalue weighted by atomic mass is 35.5. The smallest absolute Gasteiger partial charge is 0.331 e. The Kier molecular flexibility index (Phi) is 5.96. The number of hydrogen-bond acceptors (Lipinski definition) is 4. The van der Waals surface area contributed by atoms with E-state index in [4.69, 9.17) is 16.3 Å². The number of likely N-dealkylation sites (tertiary alicyclic amines) is 1. The molecule has 1 aliphatic rings. The first-order valence-corrected chi connectivity index (χ1v) is 9.33. The lowest BCUT2D eigenvalue weighted by molar-refractivity contribution is -0.154. The zero-order valence-corrected chi connectivity index (χ0v) is 16.1. The van der Waals surface area contributed by atoms with Crippen LogP contribution in [-0.4, -0.2) is 45.8 Å². The summed E-state index contributed by atoms with van der Waals surface area (Å²) in [6.07, 6.45) is 4.03. The van der Waals surface area contributed by atoms with Gasteiger partial charge in [0.05, 0.1) is 11.4 Å². The van der Waals surface area contributed by atoms with Crippen molar-refractivity contribution in [3.63, 3.8) is 0 Å². The number of benzene rings is 1. The van der Waals surface area contributed by atoms with E-state index in [-0.39, 0.29) is 5.91 Å². The standard InChI is InChI=1S/C20H22ClN3O3/c1-14-17(19(21)24(22-14)16-8-4-3-5-9-16)10-11-18(25)27-15(2)20(26)23-12-6-7-13-23/h3-5,8-11,15H,6-7,12-13H2,1-2H3/b11-10+/t15-/m1/s1. The van der Waals surface area contributed by atoms with E-state index in [0.717, 1.165) is 31.6 Å². The molecule has 0 spiro atoms. The van der Waals surface area contributed by atoms with Gasteiger partial charge in [-0.2, -0.15) is 5.10 Å². The molecule has 0 aliphatic carbocycles. The molecule has 1 aromatic heterocycles. The minimum absolute atomic E-state index is 0.152. The maximum absolute atomic E-state index is 12.2. The summed E-state index contributed by atoms with van der Waals surface area (Å²) in [6.45, 7) is 4.86. The molecule has 1 atom stereocenters. The fourth-order valence-corrected chi connectivity index (χ4v) is 3.39. The van der Waals surface area contributed by atoms with Crippen molar-refractivity contribution >= 4 is 29.6 Å². The highest BCUT2D eigenvalue weighted by molar-refractivity contribution is 6.31. The van der Waals surface area contributed by atoms with Gasteiger partial charge >= 0.3 is 5.97 Å². The molecule has 0 saturated carbocycles. The van der Waals surface area contributed by atoms with Gasteiger partial charge in [-0.3, -0.25) is 4.79 Å². The number of carbonyl (C=O) groups is 2. The Bertz CT molecular complexity index is 855. The molecular formula is C20H22ClN3O3. The predicted molar refractivity (Wildman–Crippen MR) is 104 cm³/mol. The lowest BCUT2D eigenvalue weighted by atomic mass is 10.2. The minimum atomic E-state index is -0.802. The quantitative estimate of drug-likeness (QED) is 0.582. The van der Waals surface area contributed by atoms with Gasteiger partial charge in [-0.25, -0.2) is 9.48 Å². The van der Waals surface area contributed by atoms with E-state index in [2.05, 4.69) is 5.10 Å². The molecule has 2 heterocycles. The molecule has 1 fully saturated rings. The Morgan fingerprint density at radius 1 is 1.22 bits per heavy atom. The minimum Gasteiger partial charge on any atom is -0.449 e. The topological polar surface area (TPSA) is 64.4 Å². The van der Waals surface area contributed by atoms with Crippen molar-refractivity contribution in [2.45, 2.75) is 32.8 Å². The number of rotatable bonds is 5. The summed E-state index contributed by atoms with van der Waals surface area (Å²) in [4.78, 5) is 26.0. The maximum Gasteiger partial charge on any atom is 0.331 e. The van der Waals surface area contributed by atoms with Gasteiger partial charge < -0.3 is 9.64 Å². The number of para-hydroxylation sites is 1. The Balaban J connectivity index is 1.68. The summed E-state index contributed by atoms with van der Waals surface area (Å²) in [5.41, 5.74) is 2.16. The van der Waals surface area contributed by atoms with Crippen molar-refractivity contribution in [3.8, 4) is 5.69 Å².